The summed E-state index contributed by atoms with van der Waals surface area (Å²) in [6.45, 7) is 7.86. The van der Waals surface area contributed by atoms with Gasteiger partial charge in [0.05, 0.1) is 29.6 Å². The molecular formula is C17H24N4O2. The molecule has 0 spiro atoms. The Hall–Kier alpha value is -2.10. The van der Waals surface area contributed by atoms with Crippen molar-refractivity contribution in [2.45, 2.75) is 26.4 Å². The van der Waals surface area contributed by atoms with Crippen molar-refractivity contribution < 1.29 is 9.53 Å². The van der Waals surface area contributed by atoms with Crippen LogP contribution in [0, 0.1) is 11.3 Å². The number of rotatable bonds is 6. The minimum absolute atomic E-state index is 0.169. The summed E-state index contributed by atoms with van der Waals surface area (Å²) in [6.07, 6.45) is 0.498. The van der Waals surface area contributed by atoms with E-state index in [1.54, 1.807) is 12.1 Å². The average Bonchev–Trinajstić information content (AvgIpc) is 2.60. The molecular weight excluding hydrogens is 292 g/mol. The molecule has 1 aromatic rings. The molecule has 23 heavy (non-hydrogen) atoms. The van der Waals surface area contributed by atoms with Gasteiger partial charge < -0.3 is 15.4 Å². The third-order valence-corrected chi connectivity index (χ3v) is 3.86. The van der Waals surface area contributed by atoms with Crippen LogP contribution >= 0.6 is 0 Å². The lowest BCUT2D eigenvalue weighted by Crippen LogP contribution is -2.47. The van der Waals surface area contributed by atoms with E-state index in [-0.39, 0.29) is 5.91 Å². The van der Waals surface area contributed by atoms with Gasteiger partial charge in [-0.2, -0.15) is 5.26 Å². The highest BCUT2D eigenvalue weighted by Gasteiger charge is 2.26. The van der Waals surface area contributed by atoms with Gasteiger partial charge in [0.1, 0.15) is 6.10 Å². The number of likely N-dealkylation sites (N-methyl/N-ethyl adjacent to an activating group) is 1. The molecule has 0 unspecified atom stereocenters. The van der Waals surface area contributed by atoms with E-state index >= 15 is 0 Å². The Labute approximate surface area is 137 Å². The van der Waals surface area contributed by atoms with Crippen LogP contribution in [0.15, 0.2) is 18.2 Å². The van der Waals surface area contributed by atoms with Gasteiger partial charge in [-0.3, -0.25) is 9.69 Å². The monoisotopic (exact) mass is 316 g/mol. The van der Waals surface area contributed by atoms with Crippen LogP contribution in [0.25, 0.3) is 0 Å². The lowest BCUT2D eigenvalue weighted by Gasteiger charge is -2.31. The van der Waals surface area contributed by atoms with Crippen LogP contribution in [0.1, 0.15) is 25.8 Å². The van der Waals surface area contributed by atoms with Crippen molar-refractivity contribution >= 4 is 17.3 Å². The molecule has 1 fully saturated rings. The Morgan fingerprint density at radius 1 is 1.43 bits per heavy atom. The summed E-state index contributed by atoms with van der Waals surface area (Å²) in [5.74, 6) is -0.169. The van der Waals surface area contributed by atoms with Crippen LogP contribution in [0.3, 0.4) is 0 Å². The van der Waals surface area contributed by atoms with Crippen molar-refractivity contribution in [3.63, 3.8) is 0 Å². The standard InChI is InChI=1S/C17H24N4O2/c1-3-7-19-14-6-5-13(11-18)10-15(14)20-17(22)16-12-21(4-2)8-9-23-16/h5-6,10,16,19H,3-4,7-9,12H2,1-2H3,(H,20,22)/t16-/m0/s1. The van der Waals surface area contributed by atoms with E-state index in [1.165, 1.54) is 0 Å². The first-order chi connectivity index (χ1) is 11.2. The highest BCUT2D eigenvalue weighted by atomic mass is 16.5. The minimum Gasteiger partial charge on any atom is -0.383 e. The molecule has 1 aliphatic rings. The molecule has 1 amide bonds. The fourth-order valence-corrected chi connectivity index (χ4v) is 2.49. The highest BCUT2D eigenvalue weighted by molar-refractivity contribution is 5.97. The molecule has 1 aromatic carbocycles. The van der Waals surface area contributed by atoms with Crippen LogP contribution in [0.5, 0.6) is 0 Å². The normalized spacial score (nSPS) is 18.2. The molecule has 0 bridgehead atoms. The number of nitrogens with zero attached hydrogens (tertiary/aromatic N) is 2. The predicted molar refractivity (Wildman–Crippen MR) is 90.4 cm³/mol. The van der Waals surface area contributed by atoms with Gasteiger partial charge in [0.2, 0.25) is 0 Å². The van der Waals surface area contributed by atoms with E-state index in [9.17, 15) is 4.79 Å². The van der Waals surface area contributed by atoms with Crippen LogP contribution in [0.4, 0.5) is 11.4 Å². The molecule has 124 valence electrons. The van der Waals surface area contributed by atoms with Crippen molar-refractivity contribution in [1.29, 1.82) is 5.26 Å². The van der Waals surface area contributed by atoms with Crippen molar-refractivity contribution in [3.05, 3.63) is 23.8 Å². The molecule has 0 radical (unpaired) electrons. The molecule has 0 saturated carbocycles. The van der Waals surface area contributed by atoms with Crippen LogP contribution in [0.2, 0.25) is 0 Å². The lowest BCUT2D eigenvalue weighted by molar-refractivity contribution is -0.132. The summed E-state index contributed by atoms with van der Waals surface area (Å²) in [5.41, 5.74) is 1.96. The molecule has 0 aliphatic carbocycles. The quantitative estimate of drug-likeness (QED) is 0.840. The Morgan fingerprint density at radius 2 is 2.26 bits per heavy atom. The maximum absolute atomic E-state index is 12.5. The predicted octanol–water partition coefficient (Wildman–Crippen LogP) is 2.04. The maximum atomic E-state index is 12.5. The van der Waals surface area contributed by atoms with Crippen LogP contribution in [-0.4, -0.2) is 49.7 Å². The number of carbonyl (C=O) groups excluding carboxylic acids is 1. The Morgan fingerprint density at radius 3 is 2.96 bits per heavy atom. The van der Waals surface area contributed by atoms with E-state index in [1.807, 2.05) is 6.07 Å². The molecule has 1 saturated heterocycles. The number of benzene rings is 1. The second kappa shape index (κ2) is 8.51. The number of amides is 1. The van der Waals surface area contributed by atoms with Gasteiger partial charge in [0.25, 0.3) is 5.91 Å². The Balaban J connectivity index is 2.10. The average molecular weight is 316 g/mol. The summed E-state index contributed by atoms with van der Waals surface area (Å²) in [6, 6.07) is 7.35. The third kappa shape index (κ3) is 4.68. The fourth-order valence-electron chi connectivity index (χ4n) is 2.49. The maximum Gasteiger partial charge on any atom is 0.254 e. The van der Waals surface area contributed by atoms with E-state index in [0.29, 0.717) is 24.4 Å². The van der Waals surface area contributed by atoms with E-state index in [0.717, 1.165) is 31.7 Å². The van der Waals surface area contributed by atoms with Gasteiger partial charge in [-0.05, 0) is 31.2 Å². The second-order valence-electron chi connectivity index (χ2n) is 5.54. The fraction of sp³-hybridized carbons (Fsp3) is 0.529. The first kappa shape index (κ1) is 17.3. The number of nitriles is 1. The molecule has 2 N–H and O–H groups in total. The second-order valence-corrected chi connectivity index (χ2v) is 5.54. The number of hydrogen-bond donors (Lipinski definition) is 2. The Bertz CT molecular complexity index is 582. The minimum atomic E-state index is -0.478. The van der Waals surface area contributed by atoms with Gasteiger partial charge in [0.15, 0.2) is 0 Å². The van der Waals surface area contributed by atoms with E-state index in [2.05, 4.69) is 35.5 Å². The third-order valence-electron chi connectivity index (χ3n) is 3.86. The van der Waals surface area contributed by atoms with Crippen molar-refractivity contribution in [2.75, 3.05) is 43.4 Å². The summed E-state index contributed by atoms with van der Waals surface area (Å²) >= 11 is 0. The molecule has 1 aliphatic heterocycles. The van der Waals surface area contributed by atoms with Gasteiger partial charge in [0, 0.05) is 19.6 Å². The molecule has 6 nitrogen and oxygen atoms in total. The topological polar surface area (TPSA) is 77.4 Å². The summed E-state index contributed by atoms with van der Waals surface area (Å²) in [7, 11) is 0. The van der Waals surface area contributed by atoms with Crippen molar-refractivity contribution in [2.24, 2.45) is 0 Å². The van der Waals surface area contributed by atoms with Crippen molar-refractivity contribution in [3.8, 4) is 6.07 Å². The first-order valence-corrected chi connectivity index (χ1v) is 8.10. The molecule has 1 atom stereocenters. The summed E-state index contributed by atoms with van der Waals surface area (Å²) in [4.78, 5) is 14.7. The largest absolute Gasteiger partial charge is 0.383 e. The first-order valence-electron chi connectivity index (χ1n) is 8.10. The van der Waals surface area contributed by atoms with Gasteiger partial charge >= 0.3 is 0 Å². The van der Waals surface area contributed by atoms with E-state index < -0.39 is 6.10 Å². The molecule has 6 heteroatoms. The van der Waals surface area contributed by atoms with Gasteiger partial charge in [-0.25, -0.2) is 0 Å². The summed E-state index contributed by atoms with van der Waals surface area (Å²) in [5, 5.41) is 15.2. The molecule has 1 heterocycles. The zero-order chi connectivity index (χ0) is 16.7. The van der Waals surface area contributed by atoms with E-state index in [4.69, 9.17) is 10.00 Å². The summed E-state index contributed by atoms with van der Waals surface area (Å²) < 4.78 is 5.58. The number of hydrogen-bond acceptors (Lipinski definition) is 5. The Kier molecular flexibility index (Phi) is 6.39. The highest BCUT2D eigenvalue weighted by Crippen LogP contribution is 2.24. The lowest BCUT2D eigenvalue weighted by atomic mass is 10.1. The van der Waals surface area contributed by atoms with Crippen LogP contribution in [-0.2, 0) is 9.53 Å². The number of nitrogens with one attached hydrogen (secondary N) is 2. The number of anilines is 2. The number of ether oxygens (including phenoxy) is 1. The van der Waals surface area contributed by atoms with Crippen LogP contribution < -0.4 is 10.6 Å². The zero-order valence-electron chi connectivity index (χ0n) is 13.8. The number of morpholine rings is 1. The van der Waals surface area contributed by atoms with Crippen molar-refractivity contribution in [1.82, 2.24) is 4.90 Å². The molecule has 2 rings (SSSR count). The van der Waals surface area contributed by atoms with Gasteiger partial charge in [-0.1, -0.05) is 13.8 Å². The molecule has 0 aromatic heterocycles. The zero-order valence-corrected chi connectivity index (χ0v) is 13.8. The number of carbonyl (C=O) groups is 1. The smallest absolute Gasteiger partial charge is 0.254 e. The van der Waals surface area contributed by atoms with Gasteiger partial charge in [-0.15, -0.1) is 0 Å². The SMILES string of the molecule is CCCNc1ccc(C#N)cc1NC(=O)[C@@H]1CN(CC)CCO1.